The molecule has 1 heterocycles. The second-order valence-corrected chi connectivity index (χ2v) is 4.94. The van der Waals surface area contributed by atoms with Crippen molar-refractivity contribution in [3.8, 4) is 0 Å². The summed E-state index contributed by atoms with van der Waals surface area (Å²) in [5.74, 6) is -1.02. The van der Waals surface area contributed by atoms with Gasteiger partial charge in [-0.1, -0.05) is 0 Å². The molecule has 0 aromatic heterocycles. The minimum Gasteiger partial charge on any atom is -0.478 e. The van der Waals surface area contributed by atoms with Crippen LogP contribution in [-0.4, -0.2) is 35.2 Å². The molecule has 1 fully saturated rings. The Balaban J connectivity index is 2.39. The van der Waals surface area contributed by atoms with E-state index in [-0.39, 0.29) is 24.0 Å². The Kier molecular flexibility index (Phi) is 3.57. The average Bonchev–Trinajstić information content (AvgIpc) is 2.73. The third-order valence-electron chi connectivity index (χ3n) is 3.74. The Hall–Kier alpha value is -1.88. The van der Waals surface area contributed by atoms with E-state index in [4.69, 9.17) is 10.2 Å². The molecule has 1 saturated heterocycles. The first-order chi connectivity index (χ1) is 8.95. The number of nitrogens with zero attached hydrogens (tertiary/aromatic N) is 1. The van der Waals surface area contributed by atoms with Gasteiger partial charge in [-0.3, -0.25) is 4.79 Å². The summed E-state index contributed by atoms with van der Waals surface area (Å²) in [6.45, 7) is 4.04. The number of aliphatic hydroxyl groups is 1. The summed E-state index contributed by atoms with van der Waals surface area (Å²) in [6, 6.07) is 3.20. The minimum absolute atomic E-state index is 0.00647. The van der Waals surface area contributed by atoms with Crippen molar-refractivity contribution in [2.24, 2.45) is 5.92 Å². The quantitative estimate of drug-likeness (QED) is 0.862. The molecule has 2 rings (SSSR count). The van der Waals surface area contributed by atoms with Crippen molar-refractivity contribution in [1.29, 1.82) is 0 Å². The van der Waals surface area contributed by atoms with Crippen molar-refractivity contribution in [3.05, 3.63) is 28.8 Å². The molecule has 1 amide bonds. The number of rotatable bonds is 3. The van der Waals surface area contributed by atoms with Crippen LogP contribution in [-0.2, 0) is 4.79 Å². The lowest BCUT2D eigenvalue weighted by atomic mass is 10.0. The zero-order chi connectivity index (χ0) is 14.2. The molecular formula is C14H17NO4. The SMILES string of the molecule is Cc1c(C(=O)O)ccc(N2CC(CO)CC2=O)c1C. The second kappa shape index (κ2) is 5.01. The molecule has 2 N–H and O–H groups in total. The maximum Gasteiger partial charge on any atom is 0.335 e. The van der Waals surface area contributed by atoms with Crippen LogP contribution in [0.4, 0.5) is 5.69 Å². The molecule has 0 bridgehead atoms. The van der Waals surface area contributed by atoms with E-state index in [1.165, 1.54) is 6.07 Å². The molecule has 0 saturated carbocycles. The topological polar surface area (TPSA) is 77.8 Å². The summed E-state index contributed by atoms with van der Waals surface area (Å²) < 4.78 is 0. The van der Waals surface area contributed by atoms with Gasteiger partial charge in [0.2, 0.25) is 5.91 Å². The van der Waals surface area contributed by atoms with Crippen LogP contribution in [0.25, 0.3) is 0 Å². The van der Waals surface area contributed by atoms with E-state index in [9.17, 15) is 9.59 Å². The highest BCUT2D eigenvalue weighted by Crippen LogP contribution is 2.30. The van der Waals surface area contributed by atoms with E-state index >= 15 is 0 Å². The van der Waals surface area contributed by atoms with E-state index in [1.807, 2.05) is 6.92 Å². The summed E-state index contributed by atoms with van der Waals surface area (Å²) >= 11 is 0. The maximum absolute atomic E-state index is 11.9. The Morgan fingerprint density at radius 1 is 1.37 bits per heavy atom. The van der Waals surface area contributed by atoms with Crippen molar-refractivity contribution < 1.29 is 19.8 Å². The first-order valence-corrected chi connectivity index (χ1v) is 6.20. The molecule has 1 aliphatic rings. The van der Waals surface area contributed by atoms with Crippen molar-refractivity contribution in [3.63, 3.8) is 0 Å². The van der Waals surface area contributed by atoms with Gasteiger partial charge in [0.25, 0.3) is 0 Å². The molecule has 0 radical (unpaired) electrons. The molecule has 5 nitrogen and oxygen atoms in total. The highest BCUT2D eigenvalue weighted by atomic mass is 16.4. The van der Waals surface area contributed by atoms with Gasteiger partial charge in [0.1, 0.15) is 0 Å². The Morgan fingerprint density at radius 3 is 2.58 bits per heavy atom. The molecule has 1 aromatic rings. The molecule has 1 atom stereocenters. The third kappa shape index (κ3) is 2.33. The zero-order valence-corrected chi connectivity index (χ0v) is 11.0. The molecule has 19 heavy (non-hydrogen) atoms. The van der Waals surface area contributed by atoms with Crippen LogP contribution < -0.4 is 4.90 Å². The number of carbonyl (C=O) groups is 2. The van der Waals surface area contributed by atoms with Gasteiger partial charge in [0, 0.05) is 31.2 Å². The summed E-state index contributed by atoms with van der Waals surface area (Å²) in [7, 11) is 0. The number of carbonyl (C=O) groups excluding carboxylic acids is 1. The molecule has 5 heteroatoms. The monoisotopic (exact) mass is 263 g/mol. The molecule has 102 valence electrons. The van der Waals surface area contributed by atoms with E-state index < -0.39 is 5.97 Å². The Bertz CT molecular complexity index is 538. The maximum atomic E-state index is 11.9. The number of amides is 1. The van der Waals surface area contributed by atoms with E-state index in [0.717, 1.165) is 11.3 Å². The molecule has 1 unspecified atom stereocenters. The number of hydrogen-bond acceptors (Lipinski definition) is 3. The van der Waals surface area contributed by atoms with Gasteiger partial charge in [-0.25, -0.2) is 4.79 Å². The summed E-state index contributed by atoms with van der Waals surface area (Å²) in [6.07, 6.45) is 0.343. The van der Waals surface area contributed by atoms with Gasteiger partial charge >= 0.3 is 5.97 Å². The number of anilines is 1. The van der Waals surface area contributed by atoms with Gasteiger partial charge in [-0.2, -0.15) is 0 Å². The van der Waals surface area contributed by atoms with Crippen molar-refractivity contribution >= 4 is 17.6 Å². The van der Waals surface area contributed by atoms with E-state index in [1.54, 1.807) is 17.9 Å². The number of aliphatic hydroxyl groups excluding tert-OH is 1. The largest absolute Gasteiger partial charge is 0.478 e. The fourth-order valence-electron chi connectivity index (χ4n) is 2.47. The predicted molar refractivity (Wildman–Crippen MR) is 70.4 cm³/mol. The fraction of sp³-hybridized carbons (Fsp3) is 0.429. The normalized spacial score (nSPS) is 19.0. The van der Waals surface area contributed by atoms with Crippen LogP contribution in [0.5, 0.6) is 0 Å². The second-order valence-electron chi connectivity index (χ2n) is 4.94. The summed E-state index contributed by atoms with van der Waals surface area (Å²) in [5, 5.41) is 18.2. The molecule has 0 spiro atoms. The lowest BCUT2D eigenvalue weighted by Gasteiger charge is -2.21. The highest BCUT2D eigenvalue weighted by molar-refractivity contribution is 5.98. The lowest BCUT2D eigenvalue weighted by Crippen LogP contribution is -2.26. The zero-order valence-electron chi connectivity index (χ0n) is 11.0. The first kappa shape index (κ1) is 13.5. The van der Waals surface area contributed by atoms with Crippen molar-refractivity contribution in [2.45, 2.75) is 20.3 Å². The average molecular weight is 263 g/mol. The van der Waals surface area contributed by atoms with Gasteiger partial charge in [-0.05, 0) is 37.1 Å². The van der Waals surface area contributed by atoms with Crippen LogP contribution in [0.1, 0.15) is 27.9 Å². The number of carboxylic acids is 1. The highest BCUT2D eigenvalue weighted by Gasteiger charge is 2.31. The summed E-state index contributed by atoms with van der Waals surface area (Å²) in [5.41, 5.74) is 2.46. The number of hydrogen-bond donors (Lipinski definition) is 2. The van der Waals surface area contributed by atoms with E-state index in [2.05, 4.69) is 0 Å². The molecule has 0 aliphatic carbocycles. The van der Waals surface area contributed by atoms with Crippen molar-refractivity contribution in [2.75, 3.05) is 18.1 Å². The predicted octanol–water partition coefficient (Wildman–Crippen LogP) is 1.35. The standard InChI is InChI=1S/C14H17NO4/c1-8-9(2)12(4-3-11(8)14(18)19)15-6-10(7-16)5-13(15)17/h3-4,10,16H,5-7H2,1-2H3,(H,18,19). The first-order valence-electron chi connectivity index (χ1n) is 6.20. The van der Waals surface area contributed by atoms with Crippen LogP contribution >= 0.6 is 0 Å². The van der Waals surface area contributed by atoms with Gasteiger partial charge < -0.3 is 15.1 Å². The van der Waals surface area contributed by atoms with Gasteiger partial charge in [0.15, 0.2) is 0 Å². The lowest BCUT2D eigenvalue weighted by molar-refractivity contribution is -0.117. The molecule has 1 aromatic carbocycles. The summed E-state index contributed by atoms with van der Waals surface area (Å²) in [4.78, 5) is 24.6. The third-order valence-corrected chi connectivity index (χ3v) is 3.74. The molecule has 1 aliphatic heterocycles. The number of benzene rings is 1. The Labute approximate surface area is 111 Å². The fourth-order valence-corrected chi connectivity index (χ4v) is 2.47. The van der Waals surface area contributed by atoms with Gasteiger partial charge in [0.05, 0.1) is 5.56 Å². The smallest absolute Gasteiger partial charge is 0.335 e. The number of carboxylic acid groups (broad SMARTS) is 1. The van der Waals surface area contributed by atoms with Crippen LogP contribution in [0.15, 0.2) is 12.1 Å². The number of aromatic carboxylic acids is 1. The van der Waals surface area contributed by atoms with Crippen LogP contribution in [0.2, 0.25) is 0 Å². The van der Waals surface area contributed by atoms with Crippen LogP contribution in [0.3, 0.4) is 0 Å². The van der Waals surface area contributed by atoms with E-state index in [0.29, 0.717) is 18.5 Å². The molecular weight excluding hydrogens is 246 g/mol. The Morgan fingerprint density at radius 2 is 2.05 bits per heavy atom. The van der Waals surface area contributed by atoms with Crippen LogP contribution in [0, 0.1) is 19.8 Å². The van der Waals surface area contributed by atoms with Gasteiger partial charge in [-0.15, -0.1) is 0 Å². The minimum atomic E-state index is -0.965. The van der Waals surface area contributed by atoms with Crippen molar-refractivity contribution in [1.82, 2.24) is 0 Å².